The minimum absolute atomic E-state index is 0.253. The van der Waals surface area contributed by atoms with Crippen LogP contribution in [0.4, 0.5) is 0 Å². The Morgan fingerprint density at radius 2 is 1.65 bits per heavy atom. The Hall–Kier alpha value is -4.66. The highest BCUT2D eigenvalue weighted by molar-refractivity contribution is 5.95. The molecule has 0 saturated heterocycles. The second-order valence-corrected chi connectivity index (χ2v) is 8.91. The number of hydrogen-bond acceptors (Lipinski definition) is 7. The van der Waals surface area contributed by atoms with Crippen LogP contribution in [0.3, 0.4) is 0 Å². The van der Waals surface area contributed by atoms with Crippen LogP contribution in [-0.2, 0) is 19.4 Å². The maximum atomic E-state index is 13.0. The van der Waals surface area contributed by atoms with E-state index in [2.05, 4.69) is 16.5 Å². The van der Waals surface area contributed by atoms with Crippen LogP contribution in [-0.4, -0.2) is 57.0 Å². The van der Waals surface area contributed by atoms with Gasteiger partial charge in [0.05, 0.1) is 46.0 Å². The van der Waals surface area contributed by atoms with E-state index in [0.29, 0.717) is 60.4 Å². The highest BCUT2D eigenvalue weighted by Gasteiger charge is 2.18. The summed E-state index contributed by atoms with van der Waals surface area (Å²) in [5, 5.41) is 2.97. The summed E-state index contributed by atoms with van der Waals surface area (Å²) >= 11 is 0. The van der Waals surface area contributed by atoms with E-state index in [1.807, 2.05) is 48.5 Å². The predicted octanol–water partition coefficient (Wildman–Crippen LogP) is 4.85. The van der Waals surface area contributed by atoms with Gasteiger partial charge in [0.25, 0.3) is 5.91 Å². The molecule has 4 rings (SSSR count). The number of allylic oxidation sites excluding steroid dienone is 1. The summed E-state index contributed by atoms with van der Waals surface area (Å²) < 4.78 is 29.8. The van der Waals surface area contributed by atoms with Crippen LogP contribution in [0.5, 0.6) is 28.7 Å². The Bertz CT molecular complexity index is 1450. The van der Waals surface area contributed by atoms with Gasteiger partial charge in [0.2, 0.25) is 5.75 Å². The van der Waals surface area contributed by atoms with Gasteiger partial charge in [-0.3, -0.25) is 4.79 Å². The first kappa shape index (κ1) is 28.4. The monoisotopic (exact) mass is 545 g/mol. The van der Waals surface area contributed by atoms with Crippen molar-refractivity contribution in [3.05, 3.63) is 84.2 Å². The van der Waals surface area contributed by atoms with E-state index >= 15 is 0 Å². The molecule has 0 saturated carbocycles. The van der Waals surface area contributed by atoms with Crippen molar-refractivity contribution in [1.82, 2.24) is 14.9 Å². The zero-order chi connectivity index (χ0) is 28.5. The average Bonchev–Trinajstić information content (AvgIpc) is 3.34. The second kappa shape index (κ2) is 13.4. The Morgan fingerprint density at radius 1 is 0.925 bits per heavy atom. The van der Waals surface area contributed by atoms with Crippen molar-refractivity contribution in [3.8, 4) is 28.7 Å². The van der Waals surface area contributed by atoms with Crippen molar-refractivity contribution in [1.29, 1.82) is 0 Å². The lowest BCUT2D eigenvalue weighted by Gasteiger charge is -2.15. The van der Waals surface area contributed by atoms with Crippen molar-refractivity contribution in [2.75, 3.05) is 41.6 Å². The lowest BCUT2D eigenvalue weighted by molar-refractivity contribution is 0.0953. The Balaban J connectivity index is 1.45. The average molecular weight is 546 g/mol. The number of methoxy groups -OCH3 is 4. The van der Waals surface area contributed by atoms with E-state index in [-0.39, 0.29) is 5.91 Å². The fraction of sp³-hybridized carbons (Fsp3) is 0.290. The number of amides is 1. The van der Waals surface area contributed by atoms with E-state index in [9.17, 15) is 4.79 Å². The molecule has 40 heavy (non-hydrogen) atoms. The number of aromatic nitrogens is 2. The lowest BCUT2D eigenvalue weighted by atomic mass is 10.1. The fourth-order valence-corrected chi connectivity index (χ4v) is 4.54. The molecule has 0 aliphatic carbocycles. The molecule has 0 atom stereocenters. The molecule has 210 valence electrons. The molecule has 0 bridgehead atoms. The highest BCUT2D eigenvalue weighted by Crippen LogP contribution is 2.38. The maximum absolute atomic E-state index is 13.0. The Kier molecular flexibility index (Phi) is 9.51. The van der Waals surface area contributed by atoms with Gasteiger partial charge in [-0.15, -0.1) is 6.58 Å². The molecule has 1 N–H and O–H groups in total. The quantitative estimate of drug-likeness (QED) is 0.227. The summed E-state index contributed by atoms with van der Waals surface area (Å²) in [5.41, 5.74) is 3.41. The van der Waals surface area contributed by atoms with Crippen LogP contribution >= 0.6 is 0 Å². The summed E-state index contributed by atoms with van der Waals surface area (Å²) in [6, 6.07) is 17.1. The number of carbonyl (C=O) groups excluding carboxylic acids is 1. The summed E-state index contributed by atoms with van der Waals surface area (Å²) in [6.45, 7) is 5.18. The first-order valence-electron chi connectivity index (χ1n) is 13.0. The maximum Gasteiger partial charge on any atom is 0.251 e. The first-order chi connectivity index (χ1) is 19.5. The molecule has 9 nitrogen and oxygen atoms in total. The predicted molar refractivity (Wildman–Crippen MR) is 154 cm³/mol. The third kappa shape index (κ3) is 6.31. The molecular formula is C31H35N3O6. The van der Waals surface area contributed by atoms with Gasteiger partial charge in [0.1, 0.15) is 12.4 Å². The van der Waals surface area contributed by atoms with Crippen LogP contribution in [0.2, 0.25) is 0 Å². The van der Waals surface area contributed by atoms with Crippen LogP contribution in [0.15, 0.2) is 67.3 Å². The van der Waals surface area contributed by atoms with Gasteiger partial charge in [-0.25, -0.2) is 4.98 Å². The van der Waals surface area contributed by atoms with E-state index < -0.39 is 0 Å². The van der Waals surface area contributed by atoms with E-state index in [1.54, 1.807) is 19.2 Å². The standard InChI is InChI=1S/C31H35N3O6/c1-6-9-21-12-13-25(26(18-21)36-2)40-17-16-34-24-11-8-7-10-23(24)33-29(34)14-15-32-31(35)22-19-27(37-3)30(39-5)28(20-22)38-4/h6-8,10-13,18-20H,1,9,14-17H2,2-5H3,(H,32,35). The second-order valence-electron chi connectivity index (χ2n) is 8.91. The van der Waals surface area contributed by atoms with Crippen molar-refractivity contribution in [3.63, 3.8) is 0 Å². The number of ether oxygens (including phenoxy) is 5. The third-order valence-corrected chi connectivity index (χ3v) is 6.48. The molecule has 0 unspecified atom stereocenters. The van der Waals surface area contributed by atoms with Gasteiger partial charge in [0, 0.05) is 18.5 Å². The van der Waals surface area contributed by atoms with Crippen LogP contribution in [0.25, 0.3) is 11.0 Å². The summed E-state index contributed by atoms with van der Waals surface area (Å²) in [4.78, 5) is 17.8. The lowest BCUT2D eigenvalue weighted by Crippen LogP contribution is -2.27. The van der Waals surface area contributed by atoms with Crippen molar-refractivity contribution < 1.29 is 28.5 Å². The molecule has 0 aliphatic heterocycles. The normalized spacial score (nSPS) is 10.7. The number of nitrogens with zero attached hydrogens (tertiary/aromatic N) is 2. The molecule has 9 heteroatoms. The Morgan fingerprint density at radius 3 is 2.33 bits per heavy atom. The van der Waals surface area contributed by atoms with E-state index in [1.165, 1.54) is 21.3 Å². The van der Waals surface area contributed by atoms with Gasteiger partial charge in [-0.05, 0) is 48.4 Å². The van der Waals surface area contributed by atoms with Crippen LogP contribution in [0, 0.1) is 0 Å². The van der Waals surface area contributed by atoms with Crippen molar-refractivity contribution in [2.45, 2.75) is 19.4 Å². The number of carbonyl (C=O) groups is 1. The highest BCUT2D eigenvalue weighted by atomic mass is 16.5. The zero-order valence-corrected chi connectivity index (χ0v) is 23.4. The number of hydrogen-bond donors (Lipinski definition) is 1. The summed E-state index contributed by atoms with van der Waals surface area (Å²) in [5.74, 6) is 3.23. The molecule has 3 aromatic carbocycles. The molecule has 4 aromatic rings. The van der Waals surface area contributed by atoms with Gasteiger partial charge in [0.15, 0.2) is 23.0 Å². The molecule has 1 heterocycles. The minimum Gasteiger partial charge on any atom is -0.493 e. The Labute approximate surface area is 234 Å². The first-order valence-corrected chi connectivity index (χ1v) is 13.0. The SMILES string of the molecule is C=CCc1ccc(OCCn2c(CCNC(=O)c3cc(OC)c(OC)c(OC)c3)nc3ccccc32)c(OC)c1. The summed E-state index contributed by atoms with van der Waals surface area (Å²) in [7, 11) is 6.18. The van der Waals surface area contributed by atoms with Gasteiger partial charge in [-0.1, -0.05) is 24.3 Å². The topological polar surface area (TPSA) is 93.1 Å². The number of rotatable bonds is 14. The van der Waals surface area contributed by atoms with Crippen molar-refractivity contribution in [2.24, 2.45) is 0 Å². The smallest absolute Gasteiger partial charge is 0.251 e. The number of para-hydroxylation sites is 2. The molecule has 0 radical (unpaired) electrons. The summed E-state index contributed by atoms with van der Waals surface area (Å²) in [6.07, 6.45) is 3.15. The number of fused-ring (bicyclic) bond motifs is 1. The number of benzene rings is 3. The number of nitrogens with one attached hydrogen (secondary N) is 1. The molecule has 1 amide bonds. The molecule has 0 aliphatic rings. The third-order valence-electron chi connectivity index (χ3n) is 6.48. The number of imidazole rings is 1. The van der Waals surface area contributed by atoms with Crippen LogP contribution < -0.4 is 29.0 Å². The van der Waals surface area contributed by atoms with Crippen LogP contribution in [0.1, 0.15) is 21.7 Å². The molecular weight excluding hydrogens is 510 g/mol. The van der Waals surface area contributed by atoms with E-state index in [4.69, 9.17) is 28.7 Å². The molecule has 0 spiro atoms. The largest absolute Gasteiger partial charge is 0.493 e. The van der Waals surface area contributed by atoms with Gasteiger partial charge in [-0.2, -0.15) is 0 Å². The van der Waals surface area contributed by atoms with Crippen molar-refractivity contribution >= 4 is 16.9 Å². The fourth-order valence-electron chi connectivity index (χ4n) is 4.54. The molecule has 1 aromatic heterocycles. The molecule has 0 fully saturated rings. The zero-order valence-electron chi connectivity index (χ0n) is 23.4. The van der Waals surface area contributed by atoms with Gasteiger partial charge < -0.3 is 33.6 Å². The van der Waals surface area contributed by atoms with E-state index in [0.717, 1.165) is 28.8 Å². The minimum atomic E-state index is -0.253. The van der Waals surface area contributed by atoms with Gasteiger partial charge >= 0.3 is 0 Å².